The van der Waals surface area contributed by atoms with Crippen LogP contribution in [-0.2, 0) is 6.42 Å². The van der Waals surface area contributed by atoms with E-state index in [-0.39, 0.29) is 41.7 Å². The summed E-state index contributed by atoms with van der Waals surface area (Å²) in [6.07, 6.45) is 1.58. The molecule has 4 rings (SSSR count). The molecule has 1 fully saturated rings. The van der Waals surface area contributed by atoms with Gasteiger partial charge in [-0.1, -0.05) is 6.07 Å². The summed E-state index contributed by atoms with van der Waals surface area (Å²) < 4.78 is 25.2. The topological polar surface area (TPSA) is 79.2 Å². The number of halogens is 2. The van der Waals surface area contributed by atoms with Crippen LogP contribution in [0.3, 0.4) is 0 Å². The van der Waals surface area contributed by atoms with E-state index in [0.29, 0.717) is 13.0 Å². The highest BCUT2D eigenvalue weighted by Crippen LogP contribution is 2.41. The average molecular weight is 452 g/mol. The quantitative estimate of drug-likeness (QED) is 0.700. The summed E-state index contributed by atoms with van der Waals surface area (Å²) in [6, 6.07) is 9.56. The van der Waals surface area contributed by atoms with Gasteiger partial charge in [0, 0.05) is 44.5 Å². The van der Waals surface area contributed by atoms with Gasteiger partial charge in [-0.25, -0.2) is 9.18 Å². The lowest BCUT2D eigenvalue weighted by atomic mass is 9.87. The second-order valence-electron chi connectivity index (χ2n) is 8.28. The number of nitrogens with zero attached hydrogens (tertiary/aromatic N) is 1. The maximum atomic E-state index is 13.5. The van der Waals surface area contributed by atoms with E-state index in [4.69, 9.17) is 9.47 Å². The van der Waals surface area contributed by atoms with Crippen LogP contribution in [0.1, 0.15) is 34.3 Å². The van der Waals surface area contributed by atoms with Crippen molar-refractivity contribution in [2.45, 2.75) is 37.9 Å². The van der Waals surface area contributed by atoms with E-state index < -0.39 is 12.1 Å². The number of fused-ring (bicyclic) bond motifs is 1. The molecule has 1 spiro atoms. The lowest BCUT2D eigenvalue weighted by Crippen LogP contribution is -2.49. The number of aryl methyl sites for hydroxylation is 1. The van der Waals surface area contributed by atoms with E-state index in [1.54, 1.807) is 24.3 Å². The van der Waals surface area contributed by atoms with Gasteiger partial charge in [0.1, 0.15) is 41.2 Å². The first-order valence-electron chi connectivity index (χ1n) is 10.2. The van der Waals surface area contributed by atoms with E-state index in [9.17, 15) is 19.4 Å². The summed E-state index contributed by atoms with van der Waals surface area (Å²) in [4.78, 5) is 13.5. The monoisotopic (exact) mass is 451 g/mol. The molecule has 0 aliphatic carbocycles. The van der Waals surface area contributed by atoms with Gasteiger partial charge in [-0.05, 0) is 42.8 Å². The van der Waals surface area contributed by atoms with Crippen LogP contribution in [0.5, 0.6) is 11.5 Å². The highest BCUT2D eigenvalue weighted by Gasteiger charge is 2.42. The zero-order chi connectivity index (χ0) is 21.3. The van der Waals surface area contributed by atoms with Crippen molar-refractivity contribution in [1.29, 1.82) is 0 Å². The van der Waals surface area contributed by atoms with Gasteiger partial charge in [-0.15, -0.1) is 12.4 Å². The fourth-order valence-electron chi connectivity index (χ4n) is 4.29. The Kier molecular flexibility index (Phi) is 7.09. The molecule has 0 unspecified atom stereocenters. The average Bonchev–Trinajstić information content (AvgIpc) is 3.05. The Morgan fingerprint density at radius 1 is 1.26 bits per heavy atom. The molecule has 0 bridgehead atoms. The molecule has 2 aromatic carbocycles. The number of carboxylic acids is 1. The van der Waals surface area contributed by atoms with Crippen LogP contribution in [0.15, 0.2) is 36.4 Å². The number of aromatic carboxylic acids is 1. The Labute approximate surface area is 187 Å². The number of ether oxygens (including phenoxy) is 2. The third-order valence-electron chi connectivity index (χ3n) is 5.90. The second kappa shape index (κ2) is 9.42. The Hall–Kier alpha value is -2.35. The molecular weight excluding hydrogens is 425 g/mol. The molecule has 6 nitrogen and oxygen atoms in total. The predicted molar refractivity (Wildman–Crippen MR) is 116 cm³/mol. The fourth-order valence-corrected chi connectivity index (χ4v) is 4.29. The SMILES string of the molecule is Cc1ccc(C(=O)O)c(OC[C@@H](O)CN2CCC3(CC2)Cc2cc(F)ccc2O3)c1.Cl. The molecule has 2 aliphatic heterocycles. The molecule has 2 aromatic rings. The van der Waals surface area contributed by atoms with Crippen LogP contribution in [0.25, 0.3) is 0 Å². The van der Waals surface area contributed by atoms with Crippen molar-refractivity contribution < 1.29 is 28.9 Å². The number of hydrogen-bond acceptors (Lipinski definition) is 5. The lowest BCUT2D eigenvalue weighted by molar-refractivity contribution is -0.00203. The lowest BCUT2D eigenvalue weighted by Gasteiger charge is -2.39. The van der Waals surface area contributed by atoms with Crippen molar-refractivity contribution in [1.82, 2.24) is 4.90 Å². The van der Waals surface area contributed by atoms with Gasteiger partial charge in [0.05, 0.1) is 0 Å². The normalized spacial score (nSPS) is 18.0. The van der Waals surface area contributed by atoms with Crippen LogP contribution in [0, 0.1) is 12.7 Å². The fraction of sp³-hybridized carbons (Fsp3) is 0.435. The van der Waals surface area contributed by atoms with Gasteiger partial charge in [0.2, 0.25) is 0 Å². The highest BCUT2D eigenvalue weighted by molar-refractivity contribution is 5.91. The van der Waals surface area contributed by atoms with Gasteiger partial charge < -0.3 is 24.6 Å². The molecule has 1 atom stereocenters. The minimum Gasteiger partial charge on any atom is -0.490 e. The number of benzene rings is 2. The second-order valence-corrected chi connectivity index (χ2v) is 8.28. The van der Waals surface area contributed by atoms with Gasteiger partial charge in [-0.2, -0.15) is 0 Å². The Morgan fingerprint density at radius 3 is 2.71 bits per heavy atom. The Balaban J connectivity index is 0.00000272. The molecule has 2 heterocycles. The van der Waals surface area contributed by atoms with E-state index >= 15 is 0 Å². The number of β-amino-alcohol motifs (C(OH)–C–C–N with tert-alkyl or cyclic N) is 1. The number of carbonyl (C=O) groups is 1. The molecule has 0 aromatic heterocycles. The standard InChI is InChI=1S/C23H26FNO5.ClH/c1-15-2-4-19(22(27)28)21(10-15)29-14-18(26)13-25-8-6-23(7-9-25)12-16-11-17(24)3-5-20(16)30-23;/h2-5,10-11,18,26H,6-9,12-14H2,1H3,(H,27,28);1H/t18-;/m0./s1. The molecule has 2 aliphatic rings. The number of rotatable bonds is 6. The third kappa shape index (κ3) is 5.29. The molecule has 0 saturated carbocycles. The predicted octanol–water partition coefficient (Wildman–Crippen LogP) is 3.46. The Morgan fingerprint density at radius 2 is 2.00 bits per heavy atom. The first-order chi connectivity index (χ1) is 14.3. The number of aliphatic hydroxyl groups is 1. The van der Waals surface area contributed by atoms with Gasteiger partial charge in [0.25, 0.3) is 0 Å². The summed E-state index contributed by atoms with van der Waals surface area (Å²) in [5.41, 5.74) is 1.61. The summed E-state index contributed by atoms with van der Waals surface area (Å²) in [6.45, 7) is 3.84. The number of hydrogen-bond donors (Lipinski definition) is 2. The van der Waals surface area contributed by atoms with Crippen LogP contribution < -0.4 is 9.47 Å². The first-order valence-corrected chi connectivity index (χ1v) is 10.2. The molecule has 0 radical (unpaired) electrons. The number of piperidine rings is 1. The molecule has 168 valence electrons. The third-order valence-corrected chi connectivity index (χ3v) is 5.90. The highest BCUT2D eigenvalue weighted by atomic mass is 35.5. The van der Waals surface area contributed by atoms with Crippen molar-refractivity contribution in [3.05, 3.63) is 58.9 Å². The molecular formula is C23H27ClFNO5. The minimum absolute atomic E-state index is 0. The van der Waals surface area contributed by atoms with E-state index in [1.807, 2.05) is 6.92 Å². The first kappa shape index (κ1) is 23.3. The maximum Gasteiger partial charge on any atom is 0.339 e. The van der Waals surface area contributed by atoms with Gasteiger partial charge in [-0.3, -0.25) is 0 Å². The van der Waals surface area contributed by atoms with Crippen molar-refractivity contribution in [2.75, 3.05) is 26.2 Å². The number of aliphatic hydroxyl groups excluding tert-OH is 1. The van der Waals surface area contributed by atoms with Gasteiger partial charge >= 0.3 is 5.97 Å². The largest absolute Gasteiger partial charge is 0.490 e. The zero-order valence-electron chi connectivity index (χ0n) is 17.3. The smallest absolute Gasteiger partial charge is 0.339 e. The van der Waals surface area contributed by atoms with Crippen LogP contribution in [0.2, 0.25) is 0 Å². The number of likely N-dealkylation sites (tertiary alicyclic amines) is 1. The molecule has 31 heavy (non-hydrogen) atoms. The molecule has 0 amide bonds. The van der Waals surface area contributed by atoms with E-state index in [0.717, 1.165) is 42.8 Å². The number of carboxylic acid groups (broad SMARTS) is 1. The van der Waals surface area contributed by atoms with Crippen molar-refractivity contribution in [2.24, 2.45) is 0 Å². The molecule has 1 saturated heterocycles. The minimum atomic E-state index is -1.06. The Bertz CT molecular complexity index is 946. The summed E-state index contributed by atoms with van der Waals surface area (Å²) in [5.74, 6) is -0.262. The van der Waals surface area contributed by atoms with Crippen molar-refractivity contribution >= 4 is 18.4 Å². The summed E-state index contributed by atoms with van der Waals surface area (Å²) in [5, 5.41) is 19.7. The van der Waals surface area contributed by atoms with E-state index in [2.05, 4.69) is 4.90 Å². The zero-order valence-corrected chi connectivity index (χ0v) is 18.2. The van der Waals surface area contributed by atoms with Crippen LogP contribution in [-0.4, -0.2) is 59.0 Å². The summed E-state index contributed by atoms with van der Waals surface area (Å²) >= 11 is 0. The van der Waals surface area contributed by atoms with E-state index in [1.165, 1.54) is 12.1 Å². The maximum absolute atomic E-state index is 13.5. The van der Waals surface area contributed by atoms with Crippen LogP contribution in [0.4, 0.5) is 4.39 Å². The molecule has 8 heteroatoms. The van der Waals surface area contributed by atoms with Crippen molar-refractivity contribution in [3.8, 4) is 11.5 Å². The molecule has 2 N–H and O–H groups in total. The van der Waals surface area contributed by atoms with Crippen molar-refractivity contribution in [3.63, 3.8) is 0 Å². The summed E-state index contributed by atoms with van der Waals surface area (Å²) in [7, 11) is 0. The van der Waals surface area contributed by atoms with Crippen LogP contribution >= 0.6 is 12.4 Å². The van der Waals surface area contributed by atoms with Gasteiger partial charge in [0.15, 0.2) is 0 Å².